The molecular formula is C15H17ClFNO. The summed E-state index contributed by atoms with van der Waals surface area (Å²) in [6.07, 6.45) is 1.45. The van der Waals surface area contributed by atoms with Crippen LogP contribution in [0.2, 0.25) is 5.02 Å². The Morgan fingerprint density at radius 3 is 2.74 bits per heavy atom. The molecule has 0 aliphatic carbocycles. The van der Waals surface area contributed by atoms with Gasteiger partial charge in [-0.05, 0) is 49.4 Å². The lowest BCUT2D eigenvalue weighted by Gasteiger charge is -2.14. The Morgan fingerprint density at radius 1 is 1.32 bits per heavy atom. The molecule has 19 heavy (non-hydrogen) atoms. The summed E-state index contributed by atoms with van der Waals surface area (Å²) in [4.78, 5) is 0. The van der Waals surface area contributed by atoms with Crippen LogP contribution in [0.15, 0.2) is 34.7 Å². The van der Waals surface area contributed by atoms with Crippen molar-refractivity contribution in [1.29, 1.82) is 0 Å². The van der Waals surface area contributed by atoms with E-state index < -0.39 is 0 Å². The minimum absolute atomic E-state index is 0.0143. The van der Waals surface area contributed by atoms with E-state index in [0.717, 1.165) is 23.5 Å². The molecule has 1 atom stereocenters. The monoisotopic (exact) mass is 281 g/mol. The SMILES string of the molecule is CCc1ccc(C(Cc2cc(F)ccc2Cl)NC)o1. The first kappa shape index (κ1) is 14.1. The number of nitrogens with one attached hydrogen (secondary N) is 1. The third-order valence-corrected chi connectivity index (χ3v) is 3.52. The van der Waals surface area contributed by atoms with Gasteiger partial charge in [0.25, 0.3) is 0 Å². The molecule has 0 spiro atoms. The maximum atomic E-state index is 13.3. The second kappa shape index (κ2) is 6.22. The topological polar surface area (TPSA) is 25.2 Å². The average Bonchev–Trinajstić information content (AvgIpc) is 2.88. The third-order valence-electron chi connectivity index (χ3n) is 3.15. The van der Waals surface area contributed by atoms with Crippen molar-refractivity contribution in [3.05, 3.63) is 58.3 Å². The quantitative estimate of drug-likeness (QED) is 0.891. The van der Waals surface area contributed by atoms with E-state index in [2.05, 4.69) is 5.32 Å². The van der Waals surface area contributed by atoms with Crippen LogP contribution in [0.1, 0.15) is 30.0 Å². The Hall–Kier alpha value is -1.32. The average molecular weight is 282 g/mol. The molecule has 2 nitrogen and oxygen atoms in total. The van der Waals surface area contributed by atoms with E-state index in [-0.39, 0.29) is 11.9 Å². The van der Waals surface area contributed by atoms with Gasteiger partial charge in [0.05, 0.1) is 6.04 Å². The highest BCUT2D eigenvalue weighted by Gasteiger charge is 2.16. The van der Waals surface area contributed by atoms with Gasteiger partial charge in [-0.3, -0.25) is 0 Å². The van der Waals surface area contributed by atoms with Gasteiger partial charge < -0.3 is 9.73 Å². The number of aryl methyl sites for hydroxylation is 1. The smallest absolute Gasteiger partial charge is 0.123 e. The number of halogens is 2. The highest BCUT2D eigenvalue weighted by Crippen LogP contribution is 2.25. The molecule has 0 amide bonds. The zero-order valence-electron chi connectivity index (χ0n) is 11.0. The summed E-state index contributed by atoms with van der Waals surface area (Å²) in [6, 6.07) is 8.32. The summed E-state index contributed by atoms with van der Waals surface area (Å²) < 4.78 is 19.0. The molecule has 102 valence electrons. The first-order valence-corrected chi connectivity index (χ1v) is 6.71. The molecule has 1 heterocycles. The third kappa shape index (κ3) is 3.37. The molecule has 0 radical (unpaired) electrons. The van der Waals surface area contributed by atoms with Crippen molar-refractivity contribution in [3.63, 3.8) is 0 Å². The standard InChI is InChI=1S/C15H17ClFNO/c1-3-12-5-7-15(19-12)14(18-2)9-10-8-11(17)4-6-13(10)16/h4-8,14,18H,3,9H2,1-2H3. The fourth-order valence-electron chi connectivity index (χ4n) is 2.04. The van der Waals surface area contributed by atoms with Crippen molar-refractivity contribution >= 4 is 11.6 Å². The Morgan fingerprint density at radius 2 is 2.11 bits per heavy atom. The van der Waals surface area contributed by atoms with E-state index in [9.17, 15) is 4.39 Å². The molecule has 0 fully saturated rings. The number of hydrogen-bond donors (Lipinski definition) is 1. The summed E-state index contributed by atoms with van der Waals surface area (Å²) in [6.45, 7) is 2.04. The van der Waals surface area contributed by atoms with E-state index in [1.54, 1.807) is 6.07 Å². The Bertz CT molecular complexity index is 553. The first-order valence-electron chi connectivity index (χ1n) is 6.33. The summed E-state index contributed by atoms with van der Waals surface area (Å²) >= 11 is 6.09. The lowest BCUT2D eigenvalue weighted by molar-refractivity contribution is 0.406. The van der Waals surface area contributed by atoms with Crippen LogP contribution in [-0.2, 0) is 12.8 Å². The summed E-state index contributed by atoms with van der Waals surface area (Å²) in [7, 11) is 1.85. The molecular weight excluding hydrogens is 265 g/mol. The van der Waals surface area contributed by atoms with Crippen LogP contribution in [-0.4, -0.2) is 7.05 Å². The Balaban J connectivity index is 2.21. The fraction of sp³-hybridized carbons (Fsp3) is 0.333. The molecule has 4 heteroatoms. The molecule has 2 rings (SSSR count). The van der Waals surface area contributed by atoms with E-state index in [0.29, 0.717) is 11.4 Å². The van der Waals surface area contributed by atoms with Gasteiger partial charge in [0, 0.05) is 11.4 Å². The minimum atomic E-state index is -0.275. The van der Waals surface area contributed by atoms with Crippen LogP contribution >= 0.6 is 11.6 Å². The van der Waals surface area contributed by atoms with Gasteiger partial charge in [0.1, 0.15) is 17.3 Å². The molecule has 0 bridgehead atoms. The zero-order valence-corrected chi connectivity index (χ0v) is 11.8. The summed E-state index contributed by atoms with van der Waals surface area (Å²) in [5.74, 6) is 1.52. The van der Waals surface area contributed by atoms with Crippen molar-refractivity contribution in [1.82, 2.24) is 5.32 Å². The number of rotatable bonds is 5. The van der Waals surface area contributed by atoms with E-state index in [1.165, 1.54) is 12.1 Å². The maximum Gasteiger partial charge on any atom is 0.123 e. The molecule has 1 aromatic carbocycles. The van der Waals surface area contributed by atoms with Gasteiger partial charge in [-0.15, -0.1) is 0 Å². The van der Waals surface area contributed by atoms with Crippen molar-refractivity contribution in [2.75, 3.05) is 7.05 Å². The van der Waals surface area contributed by atoms with Gasteiger partial charge in [-0.2, -0.15) is 0 Å². The van der Waals surface area contributed by atoms with Crippen molar-refractivity contribution in [3.8, 4) is 0 Å². The minimum Gasteiger partial charge on any atom is -0.464 e. The predicted molar refractivity (Wildman–Crippen MR) is 75.0 cm³/mol. The van der Waals surface area contributed by atoms with Crippen molar-refractivity contribution in [2.24, 2.45) is 0 Å². The summed E-state index contributed by atoms with van der Waals surface area (Å²) in [5, 5.41) is 3.75. The van der Waals surface area contributed by atoms with Gasteiger partial charge in [-0.1, -0.05) is 18.5 Å². The van der Waals surface area contributed by atoms with Crippen molar-refractivity contribution < 1.29 is 8.81 Å². The lowest BCUT2D eigenvalue weighted by Crippen LogP contribution is -2.18. The second-order valence-corrected chi connectivity index (χ2v) is 4.85. The van der Waals surface area contributed by atoms with Gasteiger partial charge in [0.15, 0.2) is 0 Å². The Kier molecular flexibility index (Phi) is 4.61. The van der Waals surface area contributed by atoms with Crippen molar-refractivity contribution in [2.45, 2.75) is 25.8 Å². The number of hydrogen-bond acceptors (Lipinski definition) is 2. The van der Waals surface area contributed by atoms with E-state index >= 15 is 0 Å². The number of benzene rings is 1. The maximum absolute atomic E-state index is 13.3. The normalized spacial score (nSPS) is 12.6. The van der Waals surface area contributed by atoms with Crippen LogP contribution in [0.5, 0.6) is 0 Å². The van der Waals surface area contributed by atoms with Gasteiger partial charge >= 0.3 is 0 Å². The molecule has 0 saturated heterocycles. The summed E-state index contributed by atoms with van der Waals surface area (Å²) in [5.41, 5.74) is 0.774. The highest BCUT2D eigenvalue weighted by molar-refractivity contribution is 6.31. The molecule has 2 aromatic rings. The van der Waals surface area contributed by atoms with Crippen LogP contribution in [0, 0.1) is 5.82 Å². The largest absolute Gasteiger partial charge is 0.464 e. The predicted octanol–water partition coefficient (Wildman–Crippen LogP) is 4.14. The van der Waals surface area contributed by atoms with Crippen LogP contribution in [0.4, 0.5) is 4.39 Å². The molecule has 0 saturated carbocycles. The number of furan rings is 1. The lowest BCUT2D eigenvalue weighted by atomic mass is 10.0. The van der Waals surface area contributed by atoms with Gasteiger partial charge in [0.2, 0.25) is 0 Å². The molecule has 1 unspecified atom stereocenters. The molecule has 0 aliphatic heterocycles. The first-order chi connectivity index (χ1) is 9.13. The van der Waals surface area contributed by atoms with E-state index in [4.69, 9.17) is 16.0 Å². The zero-order chi connectivity index (χ0) is 13.8. The second-order valence-electron chi connectivity index (χ2n) is 4.44. The van der Waals surface area contributed by atoms with Gasteiger partial charge in [-0.25, -0.2) is 4.39 Å². The fourth-order valence-corrected chi connectivity index (χ4v) is 2.23. The Labute approximate surface area is 117 Å². The van der Waals surface area contributed by atoms with Crippen LogP contribution in [0.25, 0.3) is 0 Å². The molecule has 1 N–H and O–H groups in total. The number of likely N-dealkylation sites (N-methyl/N-ethyl adjacent to an activating group) is 1. The molecule has 1 aromatic heterocycles. The van der Waals surface area contributed by atoms with E-state index in [1.807, 2.05) is 26.1 Å². The molecule has 0 aliphatic rings. The highest BCUT2D eigenvalue weighted by atomic mass is 35.5. The van der Waals surface area contributed by atoms with Crippen LogP contribution < -0.4 is 5.32 Å². The van der Waals surface area contributed by atoms with Crippen LogP contribution in [0.3, 0.4) is 0 Å².